The molecule has 0 spiro atoms. The lowest BCUT2D eigenvalue weighted by atomic mass is 9.35. The molecule has 4 heterocycles. The molecule has 0 saturated carbocycles. The summed E-state index contributed by atoms with van der Waals surface area (Å²) in [6.45, 7) is 6.79. The van der Waals surface area contributed by atoms with Gasteiger partial charge in [0, 0.05) is 16.5 Å². The molecular weight excluding hydrogens is 487 g/mol. The first-order valence-corrected chi connectivity index (χ1v) is 13.7. The summed E-state index contributed by atoms with van der Waals surface area (Å²) in [4.78, 5) is 9.70. The Labute approximate surface area is 225 Å². The van der Waals surface area contributed by atoms with Gasteiger partial charge in [0.15, 0.2) is 5.06 Å². The first kappa shape index (κ1) is 21.9. The van der Waals surface area contributed by atoms with E-state index in [1.165, 1.54) is 16.3 Å². The van der Waals surface area contributed by atoms with Crippen LogP contribution in [0.15, 0.2) is 85.2 Å². The van der Waals surface area contributed by atoms with E-state index in [4.69, 9.17) is 19.4 Å². The van der Waals surface area contributed by atoms with Crippen LogP contribution in [0.1, 0.15) is 26.3 Å². The predicted molar refractivity (Wildman–Crippen MR) is 157 cm³/mol. The van der Waals surface area contributed by atoms with Gasteiger partial charge >= 0.3 is 0 Å². The molecule has 182 valence electrons. The van der Waals surface area contributed by atoms with Gasteiger partial charge in [-0.15, -0.1) is 0 Å². The van der Waals surface area contributed by atoms with E-state index in [0.717, 1.165) is 60.2 Å². The molecule has 0 N–H and O–H groups in total. The number of nitrogens with zero attached hydrogens (tertiary/aromatic N) is 2. The SMILES string of the molecule is CC(C)(C)c1cc(-c2ncnc3c4c(sc23)Oc2cccc3c2B4c2ccccc2O3)cc2ccccc12. The Morgan fingerprint density at radius 3 is 2.39 bits per heavy atom. The van der Waals surface area contributed by atoms with Gasteiger partial charge in [-0.3, -0.25) is 0 Å². The van der Waals surface area contributed by atoms with E-state index in [1.54, 1.807) is 17.7 Å². The van der Waals surface area contributed by atoms with Crippen LogP contribution in [0.5, 0.6) is 22.3 Å². The molecule has 0 amide bonds. The van der Waals surface area contributed by atoms with Crippen LogP contribution in [0.2, 0.25) is 0 Å². The van der Waals surface area contributed by atoms with E-state index in [9.17, 15) is 0 Å². The van der Waals surface area contributed by atoms with Crippen LogP contribution in [-0.2, 0) is 5.41 Å². The number of hydrogen-bond donors (Lipinski definition) is 0. The number of ether oxygens (including phenoxy) is 2. The second kappa shape index (κ2) is 7.68. The van der Waals surface area contributed by atoms with Gasteiger partial charge in [-0.05, 0) is 57.5 Å². The van der Waals surface area contributed by atoms with Crippen LogP contribution in [0.25, 0.3) is 32.2 Å². The highest BCUT2D eigenvalue weighted by molar-refractivity contribution is 7.24. The minimum Gasteiger partial charge on any atom is -0.458 e. The molecule has 6 heteroatoms. The minimum atomic E-state index is -0.0105. The molecule has 0 fully saturated rings. The fraction of sp³-hybridized carbons (Fsp3) is 0.125. The monoisotopic (exact) mass is 510 g/mol. The van der Waals surface area contributed by atoms with Crippen LogP contribution in [0.4, 0.5) is 0 Å². The van der Waals surface area contributed by atoms with Crippen molar-refractivity contribution < 1.29 is 9.47 Å². The molecule has 0 saturated heterocycles. The smallest absolute Gasteiger partial charge is 0.264 e. The fourth-order valence-electron chi connectivity index (χ4n) is 5.98. The number of para-hydroxylation sites is 1. The number of benzene rings is 4. The maximum Gasteiger partial charge on any atom is 0.264 e. The Kier molecular flexibility index (Phi) is 4.42. The Morgan fingerprint density at radius 2 is 1.53 bits per heavy atom. The lowest BCUT2D eigenvalue weighted by molar-refractivity contribution is 0.470. The average molecular weight is 510 g/mol. The first-order chi connectivity index (χ1) is 18.5. The van der Waals surface area contributed by atoms with Gasteiger partial charge in [0.25, 0.3) is 6.71 Å². The lowest BCUT2D eigenvalue weighted by Crippen LogP contribution is -2.57. The molecule has 6 aromatic rings. The Bertz CT molecular complexity index is 1940. The fourth-order valence-corrected chi connectivity index (χ4v) is 7.15. The van der Waals surface area contributed by atoms with Crippen LogP contribution in [0.3, 0.4) is 0 Å². The number of aromatic nitrogens is 2. The summed E-state index contributed by atoms with van der Waals surface area (Å²) >= 11 is 1.64. The quantitative estimate of drug-likeness (QED) is 0.236. The molecule has 2 aromatic heterocycles. The van der Waals surface area contributed by atoms with Gasteiger partial charge in [-0.2, -0.15) is 0 Å². The van der Waals surface area contributed by atoms with Gasteiger partial charge in [-0.25, -0.2) is 9.97 Å². The third-order valence-corrected chi connectivity index (χ3v) is 8.75. The third kappa shape index (κ3) is 3.04. The lowest BCUT2D eigenvalue weighted by Gasteiger charge is -2.31. The molecular formula is C32H23BN2O2S. The summed E-state index contributed by atoms with van der Waals surface area (Å²) in [5, 5.41) is 3.38. The highest BCUT2D eigenvalue weighted by Gasteiger charge is 2.42. The molecule has 2 aliphatic rings. The van der Waals surface area contributed by atoms with Crippen LogP contribution >= 0.6 is 11.3 Å². The summed E-state index contributed by atoms with van der Waals surface area (Å²) < 4.78 is 13.9. The molecule has 2 aliphatic heterocycles. The third-order valence-electron chi connectivity index (χ3n) is 7.67. The topological polar surface area (TPSA) is 44.2 Å². The van der Waals surface area contributed by atoms with Gasteiger partial charge in [0.05, 0.1) is 15.9 Å². The van der Waals surface area contributed by atoms with Gasteiger partial charge in [0.2, 0.25) is 0 Å². The van der Waals surface area contributed by atoms with Crippen molar-refractivity contribution in [3.8, 4) is 33.6 Å². The van der Waals surface area contributed by atoms with Crippen molar-refractivity contribution in [3.63, 3.8) is 0 Å². The van der Waals surface area contributed by atoms with Crippen molar-refractivity contribution in [2.75, 3.05) is 0 Å². The van der Waals surface area contributed by atoms with Crippen molar-refractivity contribution in [1.29, 1.82) is 0 Å². The van der Waals surface area contributed by atoms with Crippen molar-refractivity contribution in [3.05, 3.63) is 90.8 Å². The van der Waals surface area contributed by atoms with Crippen molar-refractivity contribution in [1.82, 2.24) is 9.97 Å². The van der Waals surface area contributed by atoms with E-state index < -0.39 is 0 Å². The molecule has 4 aromatic carbocycles. The highest BCUT2D eigenvalue weighted by atomic mass is 32.1. The zero-order valence-corrected chi connectivity index (χ0v) is 22.1. The number of hydrogen-bond acceptors (Lipinski definition) is 5. The number of fused-ring (bicyclic) bond motifs is 7. The van der Waals surface area contributed by atoms with Gasteiger partial charge in [-0.1, -0.05) is 80.6 Å². The van der Waals surface area contributed by atoms with Gasteiger partial charge < -0.3 is 9.47 Å². The first-order valence-electron chi connectivity index (χ1n) is 12.9. The Balaban J connectivity index is 1.41. The molecule has 0 unspecified atom stereocenters. The summed E-state index contributed by atoms with van der Waals surface area (Å²) in [5.41, 5.74) is 7.60. The second-order valence-corrected chi connectivity index (χ2v) is 12.0. The summed E-state index contributed by atoms with van der Waals surface area (Å²) in [6, 6.07) is 27.5. The van der Waals surface area contributed by atoms with Gasteiger partial charge in [0.1, 0.15) is 23.6 Å². The van der Waals surface area contributed by atoms with Crippen molar-refractivity contribution in [2.24, 2.45) is 0 Å². The summed E-state index contributed by atoms with van der Waals surface area (Å²) in [6.07, 6.45) is 1.70. The predicted octanol–water partition coefficient (Wildman–Crippen LogP) is 6.54. The van der Waals surface area contributed by atoms with Crippen molar-refractivity contribution in [2.45, 2.75) is 26.2 Å². The molecule has 0 radical (unpaired) electrons. The van der Waals surface area contributed by atoms with E-state index in [-0.39, 0.29) is 12.1 Å². The van der Waals surface area contributed by atoms with Crippen molar-refractivity contribution >= 4 is 55.4 Å². The zero-order valence-electron chi connectivity index (χ0n) is 21.3. The maximum absolute atomic E-state index is 6.53. The largest absolute Gasteiger partial charge is 0.458 e. The summed E-state index contributed by atoms with van der Waals surface area (Å²) in [5.74, 6) is 2.57. The van der Waals surface area contributed by atoms with E-state index >= 15 is 0 Å². The Morgan fingerprint density at radius 1 is 0.763 bits per heavy atom. The molecule has 8 rings (SSSR count). The zero-order chi connectivity index (χ0) is 25.6. The van der Waals surface area contributed by atoms with Crippen LogP contribution in [0, 0.1) is 0 Å². The molecule has 0 aliphatic carbocycles. The molecule has 0 atom stereocenters. The maximum atomic E-state index is 6.53. The summed E-state index contributed by atoms with van der Waals surface area (Å²) in [7, 11) is 0. The van der Waals surface area contributed by atoms with E-state index in [1.807, 2.05) is 30.3 Å². The molecule has 0 bridgehead atoms. The second-order valence-electron chi connectivity index (χ2n) is 11.0. The minimum absolute atomic E-state index is 0.00635. The average Bonchev–Trinajstić information content (AvgIpc) is 3.30. The molecule has 38 heavy (non-hydrogen) atoms. The normalized spacial score (nSPS) is 13.5. The van der Waals surface area contributed by atoms with E-state index in [0.29, 0.717) is 0 Å². The Hall–Kier alpha value is -4.16. The van der Waals surface area contributed by atoms with Crippen LogP contribution in [-0.4, -0.2) is 16.7 Å². The standard InChI is InChI=1S/C32H23BN2O2S/c1-32(2,3)21-16-19(15-18-9-4-5-10-20(18)21)28-30-29(35-17-34-28)27-31(38-30)37-25-14-8-13-24-26(25)33(27)22-11-6-7-12-23(22)36-24/h4-17H,1-3H3. The highest BCUT2D eigenvalue weighted by Crippen LogP contribution is 2.43. The van der Waals surface area contributed by atoms with E-state index in [2.05, 4.69) is 69.3 Å². The van der Waals surface area contributed by atoms with Crippen LogP contribution < -0.4 is 25.9 Å². The number of rotatable bonds is 1. The number of thiophene rings is 1. The molecule has 4 nitrogen and oxygen atoms in total.